The fourth-order valence-corrected chi connectivity index (χ4v) is 4.64. The standard InChI is InChI=1S/C18H20N4O3S2/c1-9-5-6-10(2)12(7-9)15-14(16(23)25-4)13(19-17(24)20-15)8-26-18-22-21-11(3)27-18/h5-7,15H,8H2,1-4H3,(H2,19,20,24)/t15-/m1/s1. The van der Waals surface area contributed by atoms with E-state index in [4.69, 9.17) is 4.74 Å². The summed E-state index contributed by atoms with van der Waals surface area (Å²) in [5.41, 5.74) is 3.84. The number of carbonyl (C=O) groups is 2. The predicted octanol–water partition coefficient (Wildman–Crippen LogP) is 3.04. The number of urea groups is 1. The van der Waals surface area contributed by atoms with Crippen LogP contribution in [0.1, 0.15) is 27.7 Å². The molecule has 3 rings (SSSR count). The van der Waals surface area contributed by atoms with Crippen molar-refractivity contribution < 1.29 is 14.3 Å². The van der Waals surface area contributed by atoms with Gasteiger partial charge in [0.2, 0.25) is 0 Å². The van der Waals surface area contributed by atoms with E-state index in [1.54, 1.807) is 0 Å². The van der Waals surface area contributed by atoms with Crippen LogP contribution in [0.5, 0.6) is 0 Å². The summed E-state index contributed by atoms with van der Waals surface area (Å²) in [5, 5.41) is 14.5. The average Bonchev–Trinajstić information content (AvgIpc) is 3.06. The maximum atomic E-state index is 12.6. The van der Waals surface area contributed by atoms with Crippen LogP contribution in [0.2, 0.25) is 0 Å². The van der Waals surface area contributed by atoms with Gasteiger partial charge < -0.3 is 15.4 Å². The number of methoxy groups -OCH3 is 1. The maximum absolute atomic E-state index is 12.6. The predicted molar refractivity (Wildman–Crippen MR) is 105 cm³/mol. The molecule has 0 radical (unpaired) electrons. The third-order valence-electron chi connectivity index (χ3n) is 4.15. The van der Waals surface area contributed by atoms with Gasteiger partial charge in [0.05, 0.1) is 18.7 Å². The van der Waals surface area contributed by atoms with Crippen molar-refractivity contribution in [2.24, 2.45) is 0 Å². The molecular weight excluding hydrogens is 384 g/mol. The van der Waals surface area contributed by atoms with Crippen molar-refractivity contribution in [3.05, 3.63) is 51.2 Å². The number of amides is 2. The van der Waals surface area contributed by atoms with Crippen LogP contribution in [0.4, 0.5) is 4.79 Å². The molecule has 0 saturated heterocycles. The average molecular weight is 405 g/mol. The van der Waals surface area contributed by atoms with Crippen molar-refractivity contribution in [1.82, 2.24) is 20.8 Å². The van der Waals surface area contributed by atoms with E-state index in [0.717, 1.165) is 26.0 Å². The minimum atomic E-state index is -0.571. The Bertz CT molecular complexity index is 923. The highest BCUT2D eigenvalue weighted by molar-refractivity contribution is 8.01. The number of hydrogen-bond donors (Lipinski definition) is 2. The first-order valence-electron chi connectivity index (χ1n) is 8.28. The summed E-state index contributed by atoms with van der Waals surface area (Å²) in [5.74, 6) is -0.0918. The Morgan fingerprint density at radius 3 is 2.74 bits per heavy atom. The number of nitrogens with one attached hydrogen (secondary N) is 2. The van der Waals surface area contributed by atoms with Gasteiger partial charge in [-0.25, -0.2) is 9.59 Å². The normalized spacial score (nSPS) is 16.7. The van der Waals surface area contributed by atoms with E-state index in [2.05, 4.69) is 20.8 Å². The molecule has 1 atom stereocenters. The Labute approximate surface area is 165 Å². The lowest BCUT2D eigenvalue weighted by Gasteiger charge is -2.30. The zero-order valence-corrected chi connectivity index (χ0v) is 17.1. The van der Waals surface area contributed by atoms with Crippen molar-refractivity contribution in [2.45, 2.75) is 31.2 Å². The van der Waals surface area contributed by atoms with Gasteiger partial charge in [-0.3, -0.25) is 0 Å². The van der Waals surface area contributed by atoms with Crippen molar-refractivity contribution in [3.8, 4) is 0 Å². The van der Waals surface area contributed by atoms with E-state index in [0.29, 0.717) is 17.0 Å². The third-order valence-corrected chi connectivity index (χ3v) is 6.15. The van der Waals surface area contributed by atoms with Gasteiger partial charge >= 0.3 is 12.0 Å². The Kier molecular flexibility index (Phi) is 5.81. The third kappa shape index (κ3) is 4.30. The highest BCUT2D eigenvalue weighted by Crippen LogP contribution is 2.33. The number of benzene rings is 1. The number of carbonyl (C=O) groups excluding carboxylic acids is 2. The minimum absolute atomic E-state index is 0.349. The molecule has 2 aromatic rings. The van der Waals surface area contributed by atoms with E-state index in [1.165, 1.54) is 30.2 Å². The second-order valence-electron chi connectivity index (χ2n) is 6.15. The molecule has 2 N–H and O–H groups in total. The lowest BCUT2D eigenvalue weighted by molar-refractivity contribution is -0.136. The smallest absolute Gasteiger partial charge is 0.338 e. The molecule has 0 aliphatic carbocycles. The fourth-order valence-electron chi connectivity index (χ4n) is 2.86. The number of aryl methyl sites for hydroxylation is 3. The van der Waals surface area contributed by atoms with Gasteiger partial charge in [-0.2, -0.15) is 0 Å². The van der Waals surface area contributed by atoms with E-state index in [9.17, 15) is 9.59 Å². The molecule has 0 fully saturated rings. The Morgan fingerprint density at radius 2 is 2.07 bits per heavy atom. The van der Waals surface area contributed by atoms with Crippen LogP contribution >= 0.6 is 23.1 Å². The van der Waals surface area contributed by atoms with Crippen LogP contribution in [-0.2, 0) is 9.53 Å². The molecule has 0 spiro atoms. The number of hydrogen-bond acceptors (Lipinski definition) is 7. The van der Waals surface area contributed by atoms with Crippen LogP contribution < -0.4 is 10.6 Å². The van der Waals surface area contributed by atoms with Crippen molar-refractivity contribution in [2.75, 3.05) is 12.9 Å². The molecule has 2 amide bonds. The number of nitrogens with zero attached hydrogens (tertiary/aromatic N) is 2. The van der Waals surface area contributed by atoms with Crippen LogP contribution in [0.25, 0.3) is 0 Å². The van der Waals surface area contributed by atoms with Crippen molar-refractivity contribution in [3.63, 3.8) is 0 Å². The second kappa shape index (κ2) is 8.10. The Morgan fingerprint density at radius 1 is 1.30 bits per heavy atom. The first kappa shape index (κ1) is 19.4. The quantitative estimate of drug-likeness (QED) is 0.588. The summed E-state index contributed by atoms with van der Waals surface area (Å²) in [6.45, 7) is 5.81. The molecule has 0 unspecified atom stereocenters. The lowest BCUT2D eigenvalue weighted by Crippen LogP contribution is -2.46. The van der Waals surface area contributed by atoms with Crippen LogP contribution in [0, 0.1) is 20.8 Å². The molecular formula is C18H20N4O3S2. The molecule has 0 bridgehead atoms. The summed E-state index contributed by atoms with van der Waals surface area (Å²) >= 11 is 2.89. The SMILES string of the molecule is COC(=O)C1=C(CSc2nnc(C)s2)NC(=O)N[C@@H]1c1cc(C)ccc1C. The summed E-state index contributed by atoms with van der Waals surface area (Å²) in [6.07, 6.45) is 0. The molecule has 27 heavy (non-hydrogen) atoms. The molecule has 1 aromatic heterocycles. The van der Waals surface area contributed by atoms with Gasteiger partial charge in [0.1, 0.15) is 5.01 Å². The zero-order valence-electron chi connectivity index (χ0n) is 15.5. The maximum Gasteiger partial charge on any atom is 0.338 e. The van der Waals surface area contributed by atoms with E-state index in [-0.39, 0.29) is 6.03 Å². The van der Waals surface area contributed by atoms with Gasteiger partial charge in [0.25, 0.3) is 0 Å². The van der Waals surface area contributed by atoms with Gasteiger partial charge in [0.15, 0.2) is 4.34 Å². The lowest BCUT2D eigenvalue weighted by atomic mass is 9.91. The van der Waals surface area contributed by atoms with Crippen LogP contribution in [0.15, 0.2) is 33.8 Å². The number of ether oxygens (including phenoxy) is 1. The summed E-state index contributed by atoms with van der Waals surface area (Å²) in [6, 6.07) is 5.03. The molecule has 1 aliphatic heterocycles. The van der Waals surface area contributed by atoms with E-state index >= 15 is 0 Å². The summed E-state index contributed by atoms with van der Waals surface area (Å²) in [4.78, 5) is 24.9. The van der Waals surface area contributed by atoms with Gasteiger partial charge in [-0.1, -0.05) is 46.9 Å². The molecule has 1 aliphatic rings. The number of thioether (sulfide) groups is 1. The second-order valence-corrected chi connectivity index (χ2v) is 8.56. The van der Waals surface area contributed by atoms with Gasteiger partial charge in [-0.05, 0) is 31.9 Å². The monoisotopic (exact) mass is 404 g/mol. The van der Waals surface area contributed by atoms with Gasteiger partial charge in [0, 0.05) is 11.4 Å². The van der Waals surface area contributed by atoms with Gasteiger partial charge in [-0.15, -0.1) is 10.2 Å². The summed E-state index contributed by atoms with van der Waals surface area (Å²) < 4.78 is 5.79. The highest BCUT2D eigenvalue weighted by atomic mass is 32.2. The highest BCUT2D eigenvalue weighted by Gasteiger charge is 2.34. The van der Waals surface area contributed by atoms with E-state index < -0.39 is 12.0 Å². The van der Waals surface area contributed by atoms with E-state index in [1.807, 2.05) is 39.0 Å². The first-order valence-corrected chi connectivity index (χ1v) is 10.1. The van der Waals surface area contributed by atoms with Crippen molar-refractivity contribution >= 4 is 35.1 Å². The first-order chi connectivity index (χ1) is 12.9. The number of esters is 1. The zero-order chi connectivity index (χ0) is 19.6. The van der Waals surface area contributed by atoms with Crippen LogP contribution in [0.3, 0.4) is 0 Å². The molecule has 7 nitrogen and oxygen atoms in total. The Hall–Kier alpha value is -2.39. The molecule has 0 saturated carbocycles. The molecule has 142 valence electrons. The number of aromatic nitrogens is 2. The Balaban J connectivity index is 2.01. The largest absolute Gasteiger partial charge is 0.466 e. The molecule has 1 aromatic carbocycles. The van der Waals surface area contributed by atoms with Crippen molar-refractivity contribution in [1.29, 1.82) is 0 Å². The fraction of sp³-hybridized carbons (Fsp3) is 0.333. The minimum Gasteiger partial charge on any atom is -0.466 e. The molecule has 9 heteroatoms. The number of rotatable bonds is 5. The van der Waals surface area contributed by atoms with Crippen LogP contribution in [-0.4, -0.2) is 35.1 Å². The topological polar surface area (TPSA) is 93.2 Å². The molecule has 2 heterocycles. The summed E-state index contributed by atoms with van der Waals surface area (Å²) in [7, 11) is 1.34.